The summed E-state index contributed by atoms with van der Waals surface area (Å²) in [5.41, 5.74) is 2.07. The summed E-state index contributed by atoms with van der Waals surface area (Å²) in [5, 5.41) is 8.18. The first kappa shape index (κ1) is 20.0. The molecule has 3 aromatic rings. The van der Waals surface area contributed by atoms with Crippen LogP contribution in [0.5, 0.6) is 0 Å². The van der Waals surface area contributed by atoms with Gasteiger partial charge in [0.15, 0.2) is 0 Å². The Hall–Kier alpha value is -3.74. The summed E-state index contributed by atoms with van der Waals surface area (Å²) in [5.74, 6) is -1.59. The fourth-order valence-electron chi connectivity index (χ4n) is 2.62. The SMILES string of the molecule is Cc1ccc(NC(=O)CNc2ccccc2C(=O)Nc2ccc(F)cc2)cc1F. The third-order valence-corrected chi connectivity index (χ3v) is 4.17. The molecule has 0 bridgehead atoms. The van der Waals surface area contributed by atoms with Crippen LogP contribution in [0.1, 0.15) is 15.9 Å². The maximum absolute atomic E-state index is 13.6. The van der Waals surface area contributed by atoms with Gasteiger partial charge in [-0.05, 0) is 61.0 Å². The van der Waals surface area contributed by atoms with E-state index in [-0.39, 0.29) is 12.5 Å². The first-order valence-corrected chi connectivity index (χ1v) is 8.88. The lowest BCUT2D eigenvalue weighted by molar-refractivity contribution is -0.114. The van der Waals surface area contributed by atoms with Crippen molar-refractivity contribution in [3.8, 4) is 0 Å². The molecule has 0 aliphatic carbocycles. The molecule has 0 aliphatic rings. The second-order valence-corrected chi connectivity index (χ2v) is 6.37. The predicted molar refractivity (Wildman–Crippen MR) is 109 cm³/mol. The van der Waals surface area contributed by atoms with Gasteiger partial charge in [-0.25, -0.2) is 8.78 Å². The first-order chi connectivity index (χ1) is 13.9. The van der Waals surface area contributed by atoms with Crippen molar-refractivity contribution in [1.29, 1.82) is 0 Å². The molecule has 3 N–H and O–H groups in total. The van der Waals surface area contributed by atoms with E-state index in [1.165, 1.54) is 30.3 Å². The molecule has 5 nitrogen and oxygen atoms in total. The summed E-state index contributed by atoms with van der Waals surface area (Å²) in [6.45, 7) is 1.52. The molecule has 0 spiro atoms. The molecule has 0 aromatic heterocycles. The first-order valence-electron chi connectivity index (χ1n) is 8.88. The number of hydrogen-bond donors (Lipinski definition) is 3. The van der Waals surface area contributed by atoms with Crippen LogP contribution in [0.25, 0.3) is 0 Å². The van der Waals surface area contributed by atoms with Gasteiger partial charge in [0.1, 0.15) is 11.6 Å². The number of carbonyl (C=O) groups is 2. The van der Waals surface area contributed by atoms with Crippen LogP contribution in [0, 0.1) is 18.6 Å². The molecule has 148 valence electrons. The molecule has 7 heteroatoms. The number of hydrogen-bond acceptors (Lipinski definition) is 3. The Balaban J connectivity index is 1.63. The van der Waals surface area contributed by atoms with Crippen LogP contribution in [-0.2, 0) is 4.79 Å². The molecule has 3 aromatic carbocycles. The lowest BCUT2D eigenvalue weighted by Crippen LogP contribution is -2.23. The zero-order valence-corrected chi connectivity index (χ0v) is 15.6. The summed E-state index contributed by atoms with van der Waals surface area (Å²) < 4.78 is 26.6. The van der Waals surface area contributed by atoms with Crippen molar-refractivity contribution in [2.24, 2.45) is 0 Å². The number of halogens is 2. The summed E-state index contributed by atoms with van der Waals surface area (Å²) in [4.78, 5) is 24.7. The smallest absolute Gasteiger partial charge is 0.257 e. The summed E-state index contributed by atoms with van der Waals surface area (Å²) >= 11 is 0. The standard InChI is InChI=1S/C22H19F2N3O2/c1-14-6-9-17(12-19(14)24)26-21(28)13-25-20-5-3-2-4-18(20)22(29)27-16-10-7-15(23)8-11-16/h2-12,25H,13H2,1H3,(H,26,28)(H,27,29). The van der Waals surface area contributed by atoms with Gasteiger partial charge in [-0.3, -0.25) is 9.59 Å². The minimum absolute atomic E-state index is 0.115. The number of anilines is 3. The van der Waals surface area contributed by atoms with Crippen molar-refractivity contribution in [2.45, 2.75) is 6.92 Å². The van der Waals surface area contributed by atoms with Gasteiger partial charge < -0.3 is 16.0 Å². The molecular formula is C22H19F2N3O2. The fourth-order valence-corrected chi connectivity index (χ4v) is 2.62. The highest BCUT2D eigenvalue weighted by Crippen LogP contribution is 2.18. The molecule has 2 amide bonds. The van der Waals surface area contributed by atoms with Crippen LogP contribution in [0.3, 0.4) is 0 Å². The van der Waals surface area contributed by atoms with Crippen molar-refractivity contribution >= 4 is 28.9 Å². The van der Waals surface area contributed by atoms with Crippen molar-refractivity contribution in [1.82, 2.24) is 0 Å². The highest BCUT2D eigenvalue weighted by molar-refractivity contribution is 6.08. The highest BCUT2D eigenvalue weighted by Gasteiger charge is 2.12. The van der Waals surface area contributed by atoms with Crippen molar-refractivity contribution < 1.29 is 18.4 Å². The predicted octanol–water partition coefficient (Wildman–Crippen LogP) is 4.58. The molecule has 0 fully saturated rings. The third-order valence-electron chi connectivity index (χ3n) is 4.17. The molecule has 29 heavy (non-hydrogen) atoms. The van der Waals surface area contributed by atoms with E-state index in [0.717, 1.165) is 0 Å². The molecule has 0 atom stereocenters. The van der Waals surface area contributed by atoms with Crippen molar-refractivity contribution in [3.63, 3.8) is 0 Å². The number of aryl methyl sites for hydroxylation is 1. The van der Waals surface area contributed by atoms with Crippen LogP contribution >= 0.6 is 0 Å². The van der Waals surface area contributed by atoms with E-state index in [4.69, 9.17) is 0 Å². The molecule has 0 aliphatic heterocycles. The van der Waals surface area contributed by atoms with Crippen LogP contribution < -0.4 is 16.0 Å². The number of benzene rings is 3. The Morgan fingerprint density at radius 2 is 1.55 bits per heavy atom. The second kappa shape index (κ2) is 8.97. The minimum Gasteiger partial charge on any atom is -0.376 e. The van der Waals surface area contributed by atoms with E-state index in [0.29, 0.717) is 28.2 Å². The average molecular weight is 395 g/mol. The Labute approximate surface area is 166 Å². The van der Waals surface area contributed by atoms with Crippen LogP contribution in [0.15, 0.2) is 66.7 Å². The van der Waals surface area contributed by atoms with Gasteiger partial charge in [0.2, 0.25) is 5.91 Å². The van der Waals surface area contributed by atoms with Crippen molar-refractivity contribution in [2.75, 3.05) is 22.5 Å². The van der Waals surface area contributed by atoms with Crippen molar-refractivity contribution in [3.05, 3.63) is 89.5 Å². The van der Waals surface area contributed by atoms with Gasteiger partial charge in [0.25, 0.3) is 5.91 Å². The van der Waals surface area contributed by atoms with Gasteiger partial charge in [-0.2, -0.15) is 0 Å². The van der Waals surface area contributed by atoms with E-state index >= 15 is 0 Å². The maximum atomic E-state index is 13.6. The fraction of sp³-hybridized carbons (Fsp3) is 0.0909. The largest absolute Gasteiger partial charge is 0.376 e. The van der Waals surface area contributed by atoms with Gasteiger partial charge in [-0.15, -0.1) is 0 Å². The number of nitrogens with one attached hydrogen (secondary N) is 3. The van der Waals surface area contributed by atoms with Gasteiger partial charge in [-0.1, -0.05) is 18.2 Å². The average Bonchev–Trinajstić information content (AvgIpc) is 2.71. The molecule has 0 radical (unpaired) electrons. The van der Waals surface area contributed by atoms with Crippen LogP contribution in [0.2, 0.25) is 0 Å². The molecule has 0 heterocycles. The molecule has 0 saturated heterocycles. The third kappa shape index (κ3) is 5.38. The normalized spacial score (nSPS) is 10.3. The summed E-state index contributed by atoms with van der Waals surface area (Å²) in [6.07, 6.45) is 0. The van der Waals surface area contributed by atoms with Crippen LogP contribution in [0.4, 0.5) is 25.8 Å². The topological polar surface area (TPSA) is 70.2 Å². The lowest BCUT2D eigenvalue weighted by atomic mass is 10.1. The molecule has 0 saturated carbocycles. The minimum atomic E-state index is -0.404. The van der Waals surface area contributed by atoms with E-state index in [1.807, 2.05) is 0 Å². The second-order valence-electron chi connectivity index (χ2n) is 6.37. The number of amides is 2. The van der Waals surface area contributed by atoms with E-state index in [9.17, 15) is 18.4 Å². The molecular weight excluding hydrogens is 376 g/mol. The Kier molecular flexibility index (Phi) is 6.19. The lowest BCUT2D eigenvalue weighted by Gasteiger charge is -2.13. The van der Waals surface area contributed by atoms with E-state index in [1.54, 1.807) is 43.3 Å². The monoisotopic (exact) mass is 395 g/mol. The summed E-state index contributed by atoms with van der Waals surface area (Å²) in [6, 6.07) is 16.5. The Morgan fingerprint density at radius 3 is 2.28 bits per heavy atom. The zero-order valence-electron chi connectivity index (χ0n) is 15.6. The maximum Gasteiger partial charge on any atom is 0.257 e. The molecule has 0 unspecified atom stereocenters. The van der Waals surface area contributed by atoms with Gasteiger partial charge in [0.05, 0.1) is 12.1 Å². The van der Waals surface area contributed by atoms with Gasteiger partial charge in [0, 0.05) is 17.1 Å². The van der Waals surface area contributed by atoms with Gasteiger partial charge >= 0.3 is 0 Å². The number of para-hydroxylation sites is 1. The molecule has 3 rings (SSSR count). The highest BCUT2D eigenvalue weighted by atomic mass is 19.1. The summed E-state index contributed by atoms with van der Waals surface area (Å²) in [7, 11) is 0. The van der Waals surface area contributed by atoms with E-state index < -0.39 is 17.5 Å². The van der Waals surface area contributed by atoms with Crippen LogP contribution in [-0.4, -0.2) is 18.4 Å². The Morgan fingerprint density at radius 1 is 0.862 bits per heavy atom. The number of rotatable bonds is 6. The Bertz CT molecular complexity index is 1040. The quantitative estimate of drug-likeness (QED) is 0.572. The number of carbonyl (C=O) groups excluding carboxylic acids is 2. The van der Waals surface area contributed by atoms with E-state index in [2.05, 4.69) is 16.0 Å². The zero-order chi connectivity index (χ0) is 20.8.